The molecule has 0 aliphatic rings. The summed E-state index contributed by atoms with van der Waals surface area (Å²) in [4.78, 5) is 15.2. The monoisotopic (exact) mass is 245 g/mol. The molecule has 0 fully saturated rings. The number of ether oxygens (including phenoxy) is 2. The summed E-state index contributed by atoms with van der Waals surface area (Å²) in [6, 6.07) is 0. The number of carbonyl (C=O) groups is 1. The van der Waals surface area contributed by atoms with E-state index < -0.39 is 0 Å². The Bertz CT molecular complexity index is 330. The van der Waals surface area contributed by atoms with Gasteiger partial charge in [-0.2, -0.15) is 0 Å². The van der Waals surface area contributed by atoms with Crippen LogP contribution in [0.3, 0.4) is 0 Å². The fraction of sp³-hybridized carbons (Fsp3) is 0.556. The van der Waals surface area contributed by atoms with Crippen molar-refractivity contribution in [3.05, 3.63) is 16.1 Å². The molecule has 0 aliphatic carbocycles. The van der Waals surface area contributed by atoms with Gasteiger partial charge in [0.1, 0.15) is 0 Å². The maximum Gasteiger partial charge on any atom is 0.294 e. The van der Waals surface area contributed by atoms with E-state index in [4.69, 9.17) is 15.3 Å². The molecule has 3 N–H and O–H groups in total. The highest BCUT2D eigenvalue weighted by atomic mass is 32.1. The van der Waals surface area contributed by atoms with Crippen LogP contribution in [0.2, 0.25) is 0 Å². The van der Waals surface area contributed by atoms with Crippen LogP contribution in [0.25, 0.3) is 0 Å². The zero-order valence-electron chi connectivity index (χ0n) is 9.06. The van der Waals surface area contributed by atoms with Crippen molar-refractivity contribution in [2.24, 2.45) is 5.84 Å². The average Bonchev–Trinajstić information content (AvgIpc) is 2.76. The normalized spacial score (nSPS) is 10.4. The number of hydrogen-bond acceptors (Lipinski definition) is 6. The molecule has 1 rings (SSSR count). The van der Waals surface area contributed by atoms with E-state index in [1.54, 1.807) is 5.38 Å². The minimum atomic E-state index is -0.384. The third-order valence-corrected chi connectivity index (χ3v) is 2.59. The first kappa shape index (κ1) is 13.0. The Morgan fingerprint density at radius 2 is 2.31 bits per heavy atom. The van der Waals surface area contributed by atoms with Crippen molar-refractivity contribution >= 4 is 17.2 Å². The van der Waals surface area contributed by atoms with Crippen LogP contribution in [0.1, 0.15) is 22.4 Å². The van der Waals surface area contributed by atoms with Gasteiger partial charge in [0.15, 0.2) is 5.01 Å². The summed E-state index contributed by atoms with van der Waals surface area (Å²) in [6.07, 6.45) is 0. The average molecular weight is 245 g/mol. The van der Waals surface area contributed by atoms with Crippen molar-refractivity contribution in [1.82, 2.24) is 10.4 Å². The number of hydrogen-bond donors (Lipinski definition) is 2. The van der Waals surface area contributed by atoms with Crippen LogP contribution in [0.4, 0.5) is 0 Å². The predicted molar refractivity (Wildman–Crippen MR) is 59.9 cm³/mol. The molecule has 1 aromatic rings. The molecule has 7 heteroatoms. The summed E-state index contributed by atoms with van der Waals surface area (Å²) in [5.74, 6) is 4.60. The first-order chi connectivity index (χ1) is 7.77. The van der Waals surface area contributed by atoms with E-state index in [-0.39, 0.29) is 5.91 Å². The van der Waals surface area contributed by atoms with Crippen LogP contribution in [-0.2, 0) is 16.1 Å². The van der Waals surface area contributed by atoms with Gasteiger partial charge in [0.25, 0.3) is 5.91 Å². The smallest absolute Gasteiger partial charge is 0.294 e. The van der Waals surface area contributed by atoms with Crippen molar-refractivity contribution in [1.29, 1.82) is 0 Å². The SMILES string of the molecule is CCOCCOCc1csc(C(=O)NN)n1. The lowest BCUT2D eigenvalue weighted by molar-refractivity contribution is 0.0442. The van der Waals surface area contributed by atoms with Crippen molar-refractivity contribution < 1.29 is 14.3 Å². The Hall–Kier alpha value is -1.02. The molecule has 0 atom stereocenters. The van der Waals surface area contributed by atoms with Crippen molar-refractivity contribution in [3.8, 4) is 0 Å². The largest absolute Gasteiger partial charge is 0.379 e. The summed E-state index contributed by atoms with van der Waals surface area (Å²) in [6.45, 7) is 4.07. The molecule has 1 aromatic heterocycles. The molecule has 1 amide bonds. The number of nitrogens with zero attached hydrogens (tertiary/aromatic N) is 1. The highest BCUT2D eigenvalue weighted by Gasteiger charge is 2.08. The minimum absolute atomic E-state index is 0.339. The number of carbonyl (C=O) groups excluding carboxylic acids is 1. The van der Waals surface area contributed by atoms with Gasteiger partial charge in [0, 0.05) is 12.0 Å². The molecule has 1 heterocycles. The molecule has 0 spiro atoms. The van der Waals surface area contributed by atoms with Gasteiger partial charge in [-0.05, 0) is 6.92 Å². The second-order valence-corrected chi connectivity index (χ2v) is 3.73. The molecule has 16 heavy (non-hydrogen) atoms. The highest BCUT2D eigenvalue weighted by molar-refractivity contribution is 7.11. The van der Waals surface area contributed by atoms with Crippen LogP contribution < -0.4 is 11.3 Å². The predicted octanol–water partition coefficient (Wildman–Crippen LogP) is 0.300. The molecule has 0 bridgehead atoms. The van der Waals surface area contributed by atoms with Gasteiger partial charge in [0.2, 0.25) is 0 Å². The second kappa shape index (κ2) is 7.29. The maximum atomic E-state index is 11.1. The Morgan fingerprint density at radius 3 is 3.00 bits per heavy atom. The molecule has 0 radical (unpaired) electrons. The number of hydrazine groups is 1. The third kappa shape index (κ3) is 4.23. The van der Waals surface area contributed by atoms with Crippen LogP contribution in [0, 0.1) is 0 Å². The lowest BCUT2D eigenvalue weighted by atomic mass is 10.5. The molecule has 0 aromatic carbocycles. The number of thiazole rings is 1. The Kier molecular flexibility index (Phi) is 5.94. The van der Waals surface area contributed by atoms with E-state index in [2.05, 4.69) is 4.98 Å². The zero-order chi connectivity index (χ0) is 11.8. The van der Waals surface area contributed by atoms with Gasteiger partial charge in [0.05, 0.1) is 25.5 Å². The van der Waals surface area contributed by atoms with Gasteiger partial charge in [-0.3, -0.25) is 10.2 Å². The lowest BCUT2D eigenvalue weighted by Crippen LogP contribution is -2.29. The zero-order valence-corrected chi connectivity index (χ0v) is 9.88. The summed E-state index contributed by atoms with van der Waals surface area (Å²) >= 11 is 1.24. The van der Waals surface area contributed by atoms with Crippen molar-refractivity contribution in [2.75, 3.05) is 19.8 Å². The summed E-state index contributed by atoms with van der Waals surface area (Å²) in [5, 5.41) is 2.11. The number of rotatable bonds is 7. The molecule has 90 valence electrons. The van der Waals surface area contributed by atoms with Crippen molar-refractivity contribution in [3.63, 3.8) is 0 Å². The lowest BCUT2D eigenvalue weighted by Gasteiger charge is -2.01. The van der Waals surface area contributed by atoms with E-state index in [0.717, 1.165) is 5.69 Å². The van der Waals surface area contributed by atoms with Gasteiger partial charge < -0.3 is 9.47 Å². The van der Waals surface area contributed by atoms with E-state index in [0.29, 0.717) is 31.4 Å². The third-order valence-electron chi connectivity index (χ3n) is 1.70. The maximum absolute atomic E-state index is 11.1. The van der Waals surface area contributed by atoms with Crippen LogP contribution in [0.5, 0.6) is 0 Å². The van der Waals surface area contributed by atoms with Gasteiger partial charge in [-0.1, -0.05) is 0 Å². The Labute approximate surface area is 97.7 Å². The first-order valence-corrected chi connectivity index (χ1v) is 5.76. The van der Waals surface area contributed by atoms with Crippen LogP contribution in [-0.4, -0.2) is 30.7 Å². The van der Waals surface area contributed by atoms with E-state index in [1.807, 2.05) is 12.3 Å². The number of nitrogens with two attached hydrogens (primary N) is 1. The van der Waals surface area contributed by atoms with E-state index in [1.165, 1.54) is 11.3 Å². The summed E-state index contributed by atoms with van der Waals surface area (Å²) < 4.78 is 10.4. The Morgan fingerprint density at radius 1 is 1.56 bits per heavy atom. The second-order valence-electron chi connectivity index (χ2n) is 2.87. The molecule has 0 saturated heterocycles. The fourth-order valence-corrected chi connectivity index (χ4v) is 1.68. The number of nitrogen functional groups attached to an aromatic ring is 1. The minimum Gasteiger partial charge on any atom is -0.379 e. The molecule has 0 unspecified atom stereocenters. The van der Waals surface area contributed by atoms with Crippen molar-refractivity contribution in [2.45, 2.75) is 13.5 Å². The molecular formula is C9H15N3O3S. The van der Waals surface area contributed by atoms with Crippen LogP contribution in [0.15, 0.2) is 5.38 Å². The Balaban J connectivity index is 2.27. The fourth-order valence-electron chi connectivity index (χ4n) is 0.978. The molecular weight excluding hydrogens is 230 g/mol. The molecule has 0 saturated carbocycles. The standard InChI is InChI=1S/C9H15N3O3S/c1-2-14-3-4-15-5-7-6-16-9(11-7)8(13)12-10/h6H,2-5,10H2,1H3,(H,12,13). The van der Waals surface area contributed by atoms with Gasteiger partial charge in [-0.15, -0.1) is 11.3 Å². The number of nitrogens with one attached hydrogen (secondary N) is 1. The van der Waals surface area contributed by atoms with Gasteiger partial charge in [-0.25, -0.2) is 10.8 Å². The van der Waals surface area contributed by atoms with E-state index in [9.17, 15) is 4.79 Å². The number of aromatic nitrogens is 1. The van der Waals surface area contributed by atoms with E-state index >= 15 is 0 Å². The quantitative estimate of drug-likeness (QED) is 0.312. The van der Waals surface area contributed by atoms with Gasteiger partial charge >= 0.3 is 0 Å². The summed E-state index contributed by atoms with van der Waals surface area (Å²) in [5.41, 5.74) is 2.75. The highest BCUT2D eigenvalue weighted by Crippen LogP contribution is 2.10. The molecule has 0 aliphatic heterocycles. The molecule has 6 nitrogen and oxygen atoms in total. The van der Waals surface area contributed by atoms with Crippen LogP contribution >= 0.6 is 11.3 Å². The topological polar surface area (TPSA) is 86.5 Å². The number of amides is 1. The summed E-state index contributed by atoms with van der Waals surface area (Å²) in [7, 11) is 0. The first-order valence-electron chi connectivity index (χ1n) is 4.88.